The van der Waals surface area contributed by atoms with Crippen molar-refractivity contribution in [3.63, 3.8) is 0 Å². The third kappa shape index (κ3) is 4.23. The lowest BCUT2D eigenvalue weighted by Crippen LogP contribution is -2.38. The van der Waals surface area contributed by atoms with Crippen LogP contribution in [-0.4, -0.2) is 37.0 Å². The van der Waals surface area contributed by atoms with Crippen LogP contribution in [0.1, 0.15) is 26.7 Å². The summed E-state index contributed by atoms with van der Waals surface area (Å²) in [6.45, 7) is 5.93. The number of nitrogens with zero attached hydrogens (tertiary/aromatic N) is 1. The average molecular weight is 276 g/mol. The van der Waals surface area contributed by atoms with Crippen LogP contribution in [0.15, 0.2) is 24.3 Å². The van der Waals surface area contributed by atoms with Crippen LogP contribution < -0.4 is 10.1 Å². The Balaban J connectivity index is 1.90. The highest BCUT2D eigenvalue weighted by atomic mass is 16.5. The van der Waals surface area contributed by atoms with E-state index in [9.17, 15) is 4.79 Å². The summed E-state index contributed by atoms with van der Waals surface area (Å²) in [6.07, 6.45) is 2.23. The topological polar surface area (TPSA) is 41.6 Å². The van der Waals surface area contributed by atoms with Crippen molar-refractivity contribution in [1.29, 1.82) is 0 Å². The van der Waals surface area contributed by atoms with Crippen molar-refractivity contribution in [3.05, 3.63) is 24.3 Å². The fourth-order valence-electron chi connectivity index (χ4n) is 2.51. The van der Waals surface area contributed by atoms with Gasteiger partial charge in [-0.25, -0.2) is 0 Å². The molecule has 2 rings (SSSR count). The van der Waals surface area contributed by atoms with Crippen LogP contribution in [0.5, 0.6) is 5.75 Å². The van der Waals surface area contributed by atoms with Gasteiger partial charge >= 0.3 is 0 Å². The normalized spacial score (nSPS) is 19.9. The van der Waals surface area contributed by atoms with Gasteiger partial charge in [0.1, 0.15) is 5.75 Å². The Morgan fingerprint density at radius 1 is 1.35 bits per heavy atom. The predicted molar refractivity (Wildman–Crippen MR) is 81.1 cm³/mol. The molecule has 1 aromatic carbocycles. The van der Waals surface area contributed by atoms with Gasteiger partial charge in [0.25, 0.3) is 0 Å². The number of rotatable bonds is 4. The Hall–Kier alpha value is -1.55. The van der Waals surface area contributed by atoms with Crippen LogP contribution in [0.25, 0.3) is 0 Å². The number of hydrogen-bond acceptors (Lipinski definition) is 3. The van der Waals surface area contributed by atoms with E-state index >= 15 is 0 Å². The van der Waals surface area contributed by atoms with Crippen molar-refractivity contribution < 1.29 is 9.53 Å². The summed E-state index contributed by atoms with van der Waals surface area (Å²) in [4.78, 5) is 14.4. The van der Waals surface area contributed by atoms with Crippen LogP contribution in [0.4, 0.5) is 5.69 Å². The largest absolute Gasteiger partial charge is 0.491 e. The van der Waals surface area contributed by atoms with Gasteiger partial charge in [0.2, 0.25) is 5.91 Å². The molecule has 1 amide bonds. The van der Waals surface area contributed by atoms with Gasteiger partial charge < -0.3 is 15.0 Å². The number of nitrogens with one attached hydrogen (secondary N) is 1. The van der Waals surface area contributed by atoms with Gasteiger partial charge in [0, 0.05) is 12.2 Å². The molecule has 0 aliphatic carbocycles. The minimum Gasteiger partial charge on any atom is -0.491 e. The zero-order chi connectivity index (χ0) is 14.5. The minimum atomic E-state index is 0.0975. The molecule has 1 aliphatic heterocycles. The van der Waals surface area contributed by atoms with Crippen molar-refractivity contribution in [2.45, 2.75) is 32.8 Å². The number of likely N-dealkylation sites (tertiary alicyclic amines) is 1. The smallest absolute Gasteiger partial charge is 0.228 e. The molecule has 110 valence electrons. The van der Waals surface area contributed by atoms with E-state index in [1.165, 1.54) is 0 Å². The summed E-state index contributed by atoms with van der Waals surface area (Å²) in [7, 11) is 2.07. The maximum absolute atomic E-state index is 12.2. The number of ether oxygens (including phenoxy) is 1. The summed E-state index contributed by atoms with van der Waals surface area (Å²) in [5.74, 6) is 1.05. The van der Waals surface area contributed by atoms with Gasteiger partial charge in [-0.15, -0.1) is 0 Å². The first-order valence-electron chi connectivity index (χ1n) is 7.30. The highest BCUT2D eigenvalue weighted by Gasteiger charge is 2.23. The van der Waals surface area contributed by atoms with Crippen LogP contribution >= 0.6 is 0 Å². The summed E-state index contributed by atoms with van der Waals surface area (Å²) < 4.78 is 5.59. The van der Waals surface area contributed by atoms with Gasteiger partial charge in [-0.1, -0.05) is 0 Å². The summed E-state index contributed by atoms with van der Waals surface area (Å²) in [5, 5.41) is 2.99. The summed E-state index contributed by atoms with van der Waals surface area (Å²) >= 11 is 0. The molecular formula is C16H24N2O2. The first-order valence-corrected chi connectivity index (χ1v) is 7.30. The van der Waals surface area contributed by atoms with Crippen molar-refractivity contribution in [2.24, 2.45) is 5.92 Å². The number of anilines is 1. The second-order valence-corrected chi connectivity index (χ2v) is 5.78. The van der Waals surface area contributed by atoms with Gasteiger partial charge in [-0.3, -0.25) is 4.79 Å². The molecule has 1 heterocycles. The SMILES string of the molecule is CC(C)Oc1ccc(NC(=O)[C@@H]2CCCN(C)C2)cc1. The van der Waals surface area contributed by atoms with Gasteiger partial charge in [0.15, 0.2) is 0 Å². The second-order valence-electron chi connectivity index (χ2n) is 5.78. The zero-order valence-corrected chi connectivity index (χ0v) is 12.6. The summed E-state index contributed by atoms with van der Waals surface area (Å²) in [6, 6.07) is 7.57. The number of benzene rings is 1. The highest BCUT2D eigenvalue weighted by Crippen LogP contribution is 2.20. The number of hydrogen-bond donors (Lipinski definition) is 1. The lowest BCUT2D eigenvalue weighted by atomic mass is 9.97. The molecule has 4 heteroatoms. The molecule has 1 aromatic rings. The van der Waals surface area contributed by atoms with E-state index in [4.69, 9.17) is 4.74 Å². The van der Waals surface area contributed by atoms with E-state index < -0.39 is 0 Å². The van der Waals surface area contributed by atoms with E-state index in [-0.39, 0.29) is 17.9 Å². The van der Waals surface area contributed by atoms with Crippen molar-refractivity contribution in [1.82, 2.24) is 4.90 Å². The molecule has 1 saturated heterocycles. The molecule has 0 bridgehead atoms. The monoisotopic (exact) mass is 276 g/mol. The predicted octanol–water partition coefficient (Wildman–Crippen LogP) is 2.75. The van der Waals surface area contributed by atoms with Crippen LogP contribution in [0.3, 0.4) is 0 Å². The molecule has 0 aromatic heterocycles. The Morgan fingerprint density at radius 2 is 2.05 bits per heavy atom. The van der Waals surface area contributed by atoms with Crippen molar-refractivity contribution in [3.8, 4) is 5.75 Å². The maximum Gasteiger partial charge on any atom is 0.228 e. The number of piperidine rings is 1. The van der Waals surface area contributed by atoms with E-state index in [2.05, 4.69) is 17.3 Å². The summed E-state index contributed by atoms with van der Waals surface area (Å²) in [5.41, 5.74) is 0.833. The Bertz CT molecular complexity index is 442. The van der Waals surface area contributed by atoms with E-state index in [1.54, 1.807) is 0 Å². The Morgan fingerprint density at radius 3 is 2.65 bits per heavy atom. The highest BCUT2D eigenvalue weighted by molar-refractivity contribution is 5.92. The molecule has 0 radical (unpaired) electrons. The van der Waals surface area contributed by atoms with Gasteiger partial charge in [-0.2, -0.15) is 0 Å². The average Bonchev–Trinajstić information content (AvgIpc) is 2.40. The fraction of sp³-hybridized carbons (Fsp3) is 0.562. The van der Waals surface area contributed by atoms with Crippen LogP contribution in [-0.2, 0) is 4.79 Å². The Labute approximate surface area is 121 Å². The molecule has 1 aliphatic rings. The lowest BCUT2D eigenvalue weighted by Gasteiger charge is -2.28. The molecular weight excluding hydrogens is 252 g/mol. The lowest BCUT2D eigenvalue weighted by molar-refractivity contribution is -0.121. The Kier molecular flexibility index (Phi) is 5.01. The first-order chi connectivity index (χ1) is 9.54. The minimum absolute atomic E-state index is 0.0975. The second kappa shape index (κ2) is 6.75. The quantitative estimate of drug-likeness (QED) is 0.919. The van der Waals surface area contributed by atoms with Gasteiger partial charge in [-0.05, 0) is 64.5 Å². The zero-order valence-electron chi connectivity index (χ0n) is 12.6. The number of carbonyl (C=O) groups is 1. The van der Waals surface area contributed by atoms with E-state index in [1.807, 2.05) is 38.1 Å². The first kappa shape index (κ1) is 14.9. The van der Waals surface area contributed by atoms with E-state index in [0.29, 0.717) is 0 Å². The number of carbonyl (C=O) groups excluding carboxylic acids is 1. The molecule has 0 spiro atoms. The van der Waals surface area contributed by atoms with Crippen molar-refractivity contribution in [2.75, 3.05) is 25.5 Å². The van der Waals surface area contributed by atoms with Gasteiger partial charge in [0.05, 0.1) is 12.0 Å². The van der Waals surface area contributed by atoms with Crippen LogP contribution in [0, 0.1) is 5.92 Å². The molecule has 1 N–H and O–H groups in total. The standard InChI is InChI=1S/C16H24N2O2/c1-12(2)20-15-8-6-14(7-9-15)17-16(19)13-5-4-10-18(3)11-13/h6-9,12-13H,4-5,10-11H2,1-3H3,(H,17,19)/t13-/m1/s1. The van der Waals surface area contributed by atoms with Crippen molar-refractivity contribution >= 4 is 11.6 Å². The third-order valence-corrected chi connectivity index (χ3v) is 3.49. The fourth-order valence-corrected chi connectivity index (χ4v) is 2.51. The number of amides is 1. The molecule has 4 nitrogen and oxygen atoms in total. The molecule has 1 fully saturated rings. The van der Waals surface area contributed by atoms with E-state index in [0.717, 1.165) is 37.4 Å². The molecule has 20 heavy (non-hydrogen) atoms. The van der Waals surface area contributed by atoms with Crippen LogP contribution in [0.2, 0.25) is 0 Å². The molecule has 0 saturated carbocycles. The molecule has 1 atom stereocenters. The molecule has 0 unspecified atom stereocenters. The maximum atomic E-state index is 12.2. The third-order valence-electron chi connectivity index (χ3n) is 3.49.